The summed E-state index contributed by atoms with van der Waals surface area (Å²) in [5.41, 5.74) is 6.38. The van der Waals surface area contributed by atoms with Crippen LogP contribution in [0.15, 0.2) is 24.3 Å². The minimum atomic E-state index is 0.0832. The molecule has 0 saturated heterocycles. The summed E-state index contributed by atoms with van der Waals surface area (Å²) in [6.07, 6.45) is 0.812. The molecule has 0 aliphatic rings. The smallest absolute Gasteiger partial charge is 0.0950 e. The van der Waals surface area contributed by atoms with Crippen molar-refractivity contribution in [2.75, 3.05) is 19.0 Å². The highest BCUT2D eigenvalue weighted by molar-refractivity contribution is 7.11. The summed E-state index contributed by atoms with van der Waals surface area (Å²) in [7, 11) is 4.08. The van der Waals surface area contributed by atoms with Gasteiger partial charge in [-0.05, 0) is 31.5 Å². The molecule has 2 aromatic rings. The van der Waals surface area contributed by atoms with Gasteiger partial charge < -0.3 is 4.90 Å². The molecule has 20 heavy (non-hydrogen) atoms. The molecular weight excluding hydrogens is 268 g/mol. The van der Waals surface area contributed by atoms with Crippen LogP contribution in [-0.2, 0) is 6.42 Å². The van der Waals surface area contributed by atoms with Gasteiger partial charge in [0, 0.05) is 31.1 Å². The van der Waals surface area contributed by atoms with E-state index in [1.165, 1.54) is 16.1 Å². The number of nitrogens with one attached hydrogen (secondary N) is 1. The molecule has 0 bridgehead atoms. The van der Waals surface area contributed by atoms with Crippen molar-refractivity contribution in [3.05, 3.63) is 45.4 Å². The molecule has 0 amide bonds. The van der Waals surface area contributed by atoms with E-state index < -0.39 is 0 Å². The number of rotatable bonds is 5. The number of thiazole rings is 1. The van der Waals surface area contributed by atoms with Crippen molar-refractivity contribution in [2.24, 2.45) is 5.84 Å². The Bertz CT molecular complexity index is 558. The Labute approximate surface area is 124 Å². The second-order valence-electron chi connectivity index (χ2n) is 5.16. The second-order valence-corrected chi connectivity index (χ2v) is 6.45. The molecule has 108 valence electrons. The van der Waals surface area contributed by atoms with Gasteiger partial charge in [0.2, 0.25) is 0 Å². The van der Waals surface area contributed by atoms with Gasteiger partial charge in [0.15, 0.2) is 0 Å². The molecule has 4 nitrogen and oxygen atoms in total. The lowest BCUT2D eigenvalue weighted by molar-refractivity contribution is 0.550. The summed E-state index contributed by atoms with van der Waals surface area (Å²) in [6, 6.07) is 8.50. The normalized spacial score (nSPS) is 12.4. The van der Waals surface area contributed by atoms with E-state index in [2.05, 4.69) is 46.5 Å². The molecule has 1 unspecified atom stereocenters. The zero-order valence-electron chi connectivity index (χ0n) is 12.5. The van der Waals surface area contributed by atoms with Crippen LogP contribution in [0.25, 0.3) is 0 Å². The molecular formula is C15H22N4S. The molecule has 0 radical (unpaired) electrons. The number of hydrazine groups is 1. The highest BCUT2D eigenvalue weighted by Crippen LogP contribution is 2.25. The fourth-order valence-electron chi connectivity index (χ4n) is 2.09. The van der Waals surface area contributed by atoms with Gasteiger partial charge in [-0.3, -0.25) is 11.3 Å². The Morgan fingerprint density at radius 2 is 2.10 bits per heavy atom. The third-order valence-electron chi connectivity index (χ3n) is 3.44. The third-order valence-corrected chi connectivity index (χ3v) is 4.54. The van der Waals surface area contributed by atoms with Gasteiger partial charge in [-0.2, -0.15) is 0 Å². The maximum Gasteiger partial charge on any atom is 0.0950 e. The second kappa shape index (κ2) is 6.35. The Hall–Kier alpha value is -1.43. The summed E-state index contributed by atoms with van der Waals surface area (Å²) in [5, 5.41) is 1.12. The molecule has 0 fully saturated rings. The van der Waals surface area contributed by atoms with E-state index in [0.29, 0.717) is 0 Å². The first-order valence-corrected chi connectivity index (χ1v) is 7.49. The standard InChI is InChI=1S/C15H22N4S/c1-10-11(2)20-15(17-10)9-14(18-16)12-6-5-7-13(8-12)19(3)4/h5-8,14,18H,9,16H2,1-4H3. The third kappa shape index (κ3) is 3.36. The van der Waals surface area contributed by atoms with Crippen molar-refractivity contribution in [3.63, 3.8) is 0 Å². The first-order chi connectivity index (χ1) is 9.51. The van der Waals surface area contributed by atoms with E-state index in [9.17, 15) is 0 Å². The van der Waals surface area contributed by atoms with Gasteiger partial charge in [0.05, 0.1) is 16.7 Å². The van der Waals surface area contributed by atoms with Gasteiger partial charge in [0.25, 0.3) is 0 Å². The largest absolute Gasteiger partial charge is 0.378 e. The molecule has 0 saturated carbocycles. The van der Waals surface area contributed by atoms with Crippen LogP contribution in [0.5, 0.6) is 0 Å². The molecule has 3 N–H and O–H groups in total. The van der Waals surface area contributed by atoms with Crippen LogP contribution in [0.3, 0.4) is 0 Å². The SMILES string of the molecule is Cc1nc(CC(NN)c2cccc(N(C)C)c2)sc1C. The average Bonchev–Trinajstić information content (AvgIpc) is 2.75. The summed E-state index contributed by atoms with van der Waals surface area (Å²) in [6.45, 7) is 4.15. The Morgan fingerprint density at radius 1 is 1.35 bits per heavy atom. The van der Waals surface area contributed by atoms with Crippen molar-refractivity contribution in [1.82, 2.24) is 10.4 Å². The fourth-order valence-corrected chi connectivity index (χ4v) is 3.07. The first kappa shape index (κ1) is 15.0. The number of benzene rings is 1. The first-order valence-electron chi connectivity index (χ1n) is 6.67. The summed E-state index contributed by atoms with van der Waals surface area (Å²) in [4.78, 5) is 7.96. The molecule has 2 rings (SSSR count). The number of anilines is 1. The highest BCUT2D eigenvalue weighted by Gasteiger charge is 2.14. The lowest BCUT2D eigenvalue weighted by Crippen LogP contribution is -2.29. The molecule has 0 aliphatic heterocycles. The van der Waals surface area contributed by atoms with Crippen LogP contribution in [0.4, 0.5) is 5.69 Å². The molecule has 5 heteroatoms. The van der Waals surface area contributed by atoms with Crippen LogP contribution in [0, 0.1) is 13.8 Å². The maximum absolute atomic E-state index is 5.74. The van der Waals surface area contributed by atoms with Crippen molar-refractivity contribution in [3.8, 4) is 0 Å². The van der Waals surface area contributed by atoms with Gasteiger partial charge in [-0.25, -0.2) is 4.98 Å². The Kier molecular flexibility index (Phi) is 4.75. The zero-order valence-corrected chi connectivity index (χ0v) is 13.3. The minimum absolute atomic E-state index is 0.0832. The van der Waals surface area contributed by atoms with E-state index in [-0.39, 0.29) is 6.04 Å². The zero-order chi connectivity index (χ0) is 14.7. The van der Waals surface area contributed by atoms with Gasteiger partial charge >= 0.3 is 0 Å². The van der Waals surface area contributed by atoms with Crippen LogP contribution in [-0.4, -0.2) is 19.1 Å². The van der Waals surface area contributed by atoms with Crippen molar-refractivity contribution in [1.29, 1.82) is 0 Å². The molecule has 0 aliphatic carbocycles. The minimum Gasteiger partial charge on any atom is -0.378 e. The maximum atomic E-state index is 5.74. The molecule has 1 heterocycles. The number of nitrogens with zero attached hydrogens (tertiary/aromatic N) is 2. The Balaban J connectivity index is 2.21. The monoisotopic (exact) mass is 290 g/mol. The van der Waals surface area contributed by atoms with Crippen molar-refractivity contribution >= 4 is 17.0 Å². The predicted octanol–water partition coefficient (Wildman–Crippen LogP) is 2.57. The number of nitrogens with two attached hydrogens (primary N) is 1. The van der Waals surface area contributed by atoms with E-state index in [1.54, 1.807) is 11.3 Å². The summed E-state index contributed by atoms with van der Waals surface area (Å²) >= 11 is 1.75. The molecule has 1 aromatic heterocycles. The van der Waals surface area contributed by atoms with Crippen molar-refractivity contribution in [2.45, 2.75) is 26.3 Å². The number of aryl methyl sites for hydroxylation is 2. The molecule has 1 aromatic carbocycles. The van der Waals surface area contributed by atoms with Gasteiger partial charge in [0.1, 0.15) is 0 Å². The fraction of sp³-hybridized carbons (Fsp3) is 0.400. The van der Waals surface area contributed by atoms with Crippen LogP contribution < -0.4 is 16.2 Å². The van der Waals surface area contributed by atoms with Gasteiger partial charge in [-0.15, -0.1) is 11.3 Å². The lowest BCUT2D eigenvalue weighted by Gasteiger charge is -2.18. The summed E-state index contributed by atoms with van der Waals surface area (Å²) in [5.74, 6) is 5.74. The lowest BCUT2D eigenvalue weighted by atomic mass is 10.0. The number of aromatic nitrogens is 1. The van der Waals surface area contributed by atoms with Crippen LogP contribution >= 0.6 is 11.3 Å². The number of hydrogen-bond donors (Lipinski definition) is 2. The highest BCUT2D eigenvalue weighted by atomic mass is 32.1. The van der Waals surface area contributed by atoms with Gasteiger partial charge in [-0.1, -0.05) is 12.1 Å². The van der Waals surface area contributed by atoms with E-state index in [0.717, 1.165) is 17.1 Å². The van der Waals surface area contributed by atoms with E-state index in [1.807, 2.05) is 21.0 Å². The molecule has 1 atom stereocenters. The quantitative estimate of drug-likeness (QED) is 0.656. The summed E-state index contributed by atoms with van der Waals surface area (Å²) < 4.78 is 0. The predicted molar refractivity (Wildman–Crippen MR) is 86.1 cm³/mol. The topological polar surface area (TPSA) is 54.2 Å². The average molecular weight is 290 g/mol. The van der Waals surface area contributed by atoms with Crippen LogP contribution in [0.2, 0.25) is 0 Å². The number of hydrogen-bond acceptors (Lipinski definition) is 5. The van der Waals surface area contributed by atoms with Crippen LogP contribution in [0.1, 0.15) is 27.2 Å². The molecule has 0 spiro atoms. The van der Waals surface area contributed by atoms with Crippen molar-refractivity contribution < 1.29 is 0 Å². The van der Waals surface area contributed by atoms with E-state index in [4.69, 9.17) is 5.84 Å². The van der Waals surface area contributed by atoms with E-state index >= 15 is 0 Å². The Morgan fingerprint density at radius 3 is 2.65 bits per heavy atom.